The molecule has 2 aromatic heterocycles. The van der Waals surface area contributed by atoms with Gasteiger partial charge in [-0.3, -0.25) is 9.48 Å². The van der Waals surface area contributed by atoms with Crippen molar-refractivity contribution in [3.05, 3.63) is 39.8 Å². The van der Waals surface area contributed by atoms with Gasteiger partial charge in [-0.25, -0.2) is 0 Å². The Morgan fingerprint density at radius 2 is 2.40 bits per heavy atom. The quantitative estimate of drug-likeness (QED) is 0.859. The van der Waals surface area contributed by atoms with Crippen LogP contribution in [0.5, 0.6) is 0 Å². The van der Waals surface area contributed by atoms with E-state index in [0.717, 1.165) is 11.1 Å². The maximum absolute atomic E-state index is 12.4. The number of hydrogen-bond acceptors (Lipinski definition) is 4. The van der Waals surface area contributed by atoms with Crippen molar-refractivity contribution in [1.82, 2.24) is 14.7 Å². The number of hydrogen-bond donors (Lipinski definition) is 1. The van der Waals surface area contributed by atoms with Crippen molar-refractivity contribution >= 4 is 17.2 Å². The maximum Gasteiger partial charge on any atom is 0.265 e. The zero-order valence-electron chi connectivity index (χ0n) is 11.5. The molecule has 2 aromatic rings. The van der Waals surface area contributed by atoms with E-state index in [1.54, 1.807) is 22.8 Å². The Kier molecular flexibility index (Phi) is 4.56. The van der Waals surface area contributed by atoms with E-state index in [1.807, 2.05) is 24.7 Å². The van der Waals surface area contributed by atoms with Gasteiger partial charge in [0.1, 0.15) is 4.88 Å². The van der Waals surface area contributed by atoms with Crippen LogP contribution < -0.4 is 5.73 Å². The monoisotopic (exact) mass is 288 g/mol. The van der Waals surface area contributed by atoms with Crippen molar-refractivity contribution in [2.45, 2.75) is 6.54 Å². The average molecular weight is 288 g/mol. The molecule has 0 atom stereocenters. The molecular weight excluding hydrogens is 272 g/mol. The van der Waals surface area contributed by atoms with Crippen LogP contribution in [0.2, 0.25) is 0 Å². The molecule has 0 unspecified atom stereocenters. The van der Waals surface area contributed by atoms with E-state index in [4.69, 9.17) is 5.73 Å². The summed E-state index contributed by atoms with van der Waals surface area (Å²) in [7, 11) is 3.63. The molecule has 0 aliphatic carbocycles. The van der Waals surface area contributed by atoms with Crippen molar-refractivity contribution in [2.24, 2.45) is 12.8 Å². The molecule has 2 rings (SSSR count). The Morgan fingerprint density at radius 1 is 1.60 bits per heavy atom. The van der Waals surface area contributed by atoms with Crippen LogP contribution in [0.3, 0.4) is 0 Å². The van der Waals surface area contributed by atoms with Crippen LogP contribution in [0.25, 0.3) is 0 Å². The second kappa shape index (κ2) is 6.37. The van der Waals surface area contributed by atoms with Gasteiger partial charge in [0.15, 0.2) is 0 Å². The van der Waals surface area contributed by atoms with Crippen molar-refractivity contribution < 1.29 is 4.79 Å². The zero-order valence-corrected chi connectivity index (χ0v) is 12.3. The minimum Gasteiger partial charge on any atom is -0.337 e. The fourth-order valence-electron chi connectivity index (χ4n) is 1.79. The first kappa shape index (κ1) is 14.3. The largest absolute Gasteiger partial charge is 0.337 e. The lowest BCUT2D eigenvalue weighted by molar-refractivity contribution is 0.0789. The summed E-state index contributed by atoms with van der Waals surface area (Å²) in [5.74, 6) is 5.67. The van der Waals surface area contributed by atoms with Crippen LogP contribution in [-0.2, 0) is 13.6 Å². The number of rotatable bonds is 3. The summed E-state index contributed by atoms with van der Waals surface area (Å²) in [6.07, 6.45) is 3.65. The van der Waals surface area contributed by atoms with Gasteiger partial charge in [0.05, 0.1) is 12.7 Å². The van der Waals surface area contributed by atoms with Crippen LogP contribution in [0.1, 0.15) is 20.8 Å². The highest BCUT2D eigenvalue weighted by Crippen LogP contribution is 2.18. The Balaban J connectivity index is 2.12. The summed E-state index contributed by atoms with van der Waals surface area (Å²) >= 11 is 1.40. The van der Waals surface area contributed by atoms with Gasteiger partial charge < -0.3 is 10.6 Å². The SMILES string of the molecule is CN(Cc1cnn(C)c1)C(=O)c1sccc1C#CCN. The molecule has 0 saturated heterocycles. The molecule has 0 radical (unpaired) electrons. The smallest absolute Gasteiger partial charge is 0.265 e. The molecule has 0 aromatic carbocycles. The zero-order chi connectivity index (χ0) is 14.5. The number of aromatic nitrogens is 2. The number of carbonyl (C=O) groups is 1. The number of carbonyl (C=O) groups excluding carboxylic acids is 1. The van der Waals surface area contributed by atoms with Gasteiger partial charge in [-0.2, -0.15) is 5.10 Å². The molecule has 1 amide bonds. The van der Waals surface area contributed by atoms with Crippen LogP contribution in [0.4, 0.5) is 0 Å². The molecule has 2 heterocycles. The Morgan fingerprint density at radius 3 is 3.05 bits per heavy atom. The van der Waals surface area contributed by atoms with E-state index in [0.29, 0.717) is 11.4 Å². The van der Waals surface area contributed by atoms with Gasteiger partial charge in [0.25, 0.3) is 5.91 Å². The fourth-order valence-corrected chi connectivity index (χ4v) is 2.64. The van der Waals surface area contributed by atoms with Crippen molar-refractivity contribution in [2.75, 3.05) is 13.6 Å². The summed E-state index contributed by atoms with van der Waals surface area (Å²) in [6.45, 7) is 0.809. The molecule has 104 valence electrons. The standard InChI is InChI=1S/C14H16N4OS/c1-17(9-11-8-16-18(2)10-11)14(19)13-12(4-3-6-15)5-7-20-13/h5,7-8,10H,6,9,15H2,1-2H3. The third-order valence-electron chi connectivity index (χ3n) is 2.71. The molecular formula is C14H16N4OS. The minimum absolute atomic E-state index is 0.0369. The number of aryl methyl sites for hydroxylation is 1. The second-order valence-electron chi connectivity index (χ2n) is 4.35. The molecule has 5 nitrogen and oxygen atoms in total. The lowest BCUT2D eigenvalue weighted by atomic mass is 10.2. The maximum atomic E-state index is 12.4. The summed E-state index contributed by atoms with van der Waals surface area (Å²) in [4.78, 5) is 14.7. The third kappa shape index (κ3) is 3.26. The summed E-state index contributed by atoms with van der Waals surface area (Å²) in [5.41, 5.74) is 7.10. The van der Waals surface area contributed by atoms with Crippen molar-refractivity contribution in [3.8, 4) is 11.8 Å². The average Bonchev–Trinajstić information content (AvgIpc) is 3.04. The second-order valence-corrected chi connectivity index (χ2v) is 5.27. The van der Waals surface area contributed by atoms with E-state index < -0.39 is 0 Å². The summed E-state index contributed by atoms with van der Waals surface area (Å²) in [5, 5.41) is 5.96. The van der Waals surface area contributed by atoms with Gasteiger partial charge in [0, 0.05) is 38.0 Å². The predicted molar refractivity (Wildman–Crippen MR) is 79.3 cm³/mol. The molecule has 0 aliphatic rings. The molecule has 0 spiro atoms. The topological polar surface area (TPSA) is 64.2 Å². The predicted octanol–water partition coefficient (Wildman–Crippen LogP) is 1.06. The number of thiophene rings is 1. The van der Waals surface area contributed by atoms with E-state index in [1.165, 1.54) is 11.3 Å². The van der Waals surface area contributed by atoms with Gasteiger partial charge in [-0.1, -0.05) is 11.8 Å². The molecule has 0 fully saturated rings. The first-order valence-electron chi connectivity index (χ1n) is 6.11. The number of nitrogens with two attached hydrogens (primary N) is 1. The van der Waals surface area contributed by atoms with Gasteiger partial charge in [0.2, 0.25) is 0 Å². The highest BCUT2D eigenvalue weighted by Gasteiger charge is 2.17. The molecule has 2 N–H and O–H groups in total. The van der Waals surface area contributed by atoms with Crippen LogP contribution >= 0.6 is 11.3 Å². The summed E-state index contributed by atoms with van der Waals surface area (Å²) in [6, 6.07) is 1.85. The molecule has 0 bridgehead atoms. The fraction of sp³-hybridized carbons (Fsp3) is 0.286. The highest BCUT2D eigenvalue weighted by atomic mass is 32.1. The van der Waals surface area contributed by atoms with Crippen LogP contribution in [0, 0.1) is 11.8 Å². The first-order chi connectivity index (χ1) is 9.61. The third-order valence-corrected chi connectivity index (χ3v) is 3.61. The molecule has 20 heavy (non-hydrogen) atoms. The van der Waals surface area contributed by atoms with Crippen molar-refractivity contribution in [1.29, 1.82) is 0 Å². The molecule has 0 saturated carbocycles. The summed E-state index contributed by atoms with van der Waals surface area (Å²) < 4.78 is 1.72. The lowest BCUT2D eigenvalue weighted by Crippen LogP contribution is -2.25. The van der Waals surface area contributed by atoms with E-state index >= 15 is 0 Å². The van der Waals surface area contributed by atoms with Crippen LogP contribution in [0.15, 0.2) is 23.8 Å². The van der Waals surface area contributed by atoms with Gasteiger partial charge >= 0.3 is 0 Å². The first-order valence-corrected chi connectivity index (χ1v) is 6.99. The van der Waals surface area contributed by atoms with Crippen LogP contribution in [-0.4, -0.2) is 34.2 Å². The Bertz CT molecular complexity index is 662. The van der Waals surface area contributed by atoms with E-state index in [2.05, 4.69) is 16.9 Å². The molecule has 0 aliphatic heterocycles. The van der Waals surface area contributed by atoms with Gasteiger partial charge in [-0.15, -0.1) is 11.3 Å². The van der Waals surface area contributed by atoms with Crippen molar-refractivity contribution in [3.63, 3.8) is 0 Å². The Labute approximate surface area is 122 Å². The number of nitrogens with zero attached hydrogens (tertiary/aromatic N) is 3. The lowest BCUT2D eigenvalue weighted by Gasteiger charge is -2.15. The normalized spacial score (nSPS) is 9.95. The van der Waals surface area contributed by atoms with E-state index in [-0.39, 0.29) is 12.5 Å². The Hall–Kier alpha value is -2.10. The highest BCUT2D eigenvalue weighted by molar-refractivity contribution is 7.12. The number of amides is 1. The minimum atomic E-state index is -0.0369. The van der Waals surface area contributed by atoms with Gasteiger partial charge in [-0.05, 0) is 11.4 Å². The van der Waals surface area contributed by atoms with E-state index in [9.17, 15) is 4.79 Å². The molecule has 6 heteroatoms.